The zero-order valence-electron chi connectivity index (χ0n) is 11.7. The van der Waals surface area contributed by atoms with Crippen molar-refractivity contribution in [3.63, 3.8) is 0 Å². The Hall–Kier alpha value is -2.03. The van der Waals surface area contributed by atoms with Crippen LogP contribution in [0.25, 0.3) is 0 Å². The molecule has 20 heavy (non-hydrogen) atoms. The molecule has 0 spiro atoms. The molecule has 1 N–H and O–H groups in total. The molecule has 1 aliphatic rings. The van der Waals surface area contributed by atoms with Gasteiger partial charge in [0.25, 0.3) is 0 Å². The molecule has 3 rings (SSSR count). The smallest absolute Gasteiger partial charge is 0.123 e. The van der Waals surface area contributed by atoms with Crippen LogP contribution in [0, 0.1) is 12.7 Å². The van der Waals surface area contributed by atoms with Crippen LogP contribution in [0.5, 0.6) is 5.75 Å². The van der Waals surface area contributed by atoms with Crippen molar-refractivity contribution in [1.82, 2.24) is 0 Å². The second-order valence-electron chi connectivity index (χ2n) is 5.26. The summed E-state index contributed by atoms with van der Waals surface area (Å²) in [5, 5.41) is 3.56. The maximum atomic E-state index is 13.2. The Labute approximate surface area is 118 Å². The number of rotatable bonds is 3. The van der Waals surface area contributed by atoms with Gasteiger partial charge in [-0.3, -0.25) is 0 Å². The summed E-state index contributed by atoms with van der Waals surface area (Å²) in [6.45, 7) is 2.06. The van der Waals surface area contributed by atoms with Crippen LogP contribution in [0.4, 0.5) is 10.1 Å². The minimum absolute atomic E-state index is 0.148. The van der Waals surface area contributed by atoms with E-state index in [1.165, 1.54) is 5.56 Å². The predicted molar refractivity (Wildman–Crippen MR) is 78.8 cm³/mol. The van der Waals surface area contributed by atoms with Gasteiger partial charge in [-0.15, -0.1) is 0 Å². The van der Waals surface area contributed by atoms with Crippen molar-refractivity contribution < 1.29 is 9.13 Å². The first-order valence-electron chi connectivity index (χ1n) is 6.87. The zero-order valence-corrected chi connectivity index (χ0v) is 11.7. The first-order chi connectivity index (χ1) is 9.67. The van der Waals surface area contributed by atoms with Gasteiger partial charge in [-0.1, -0.05) is 6.07 Å². The van der Waals surface area contributed by atoms with Gasteiger partial charge in [-0.05, 0) is 66.8 Å². The van der Waals surface area contributed by atoms with E-state index in [0.29, 0.717) is 0 Å². The average molecular weight is 271 g/mol. The largest absolute Gasteiger partial charge is 0.497 e. The highest BCUT2D eigenvalue weighted by Gasteiger charge is 2.22. The van der Waals surface area contributed by atoms with Crippen molar-refractivity contribution >= 4 is 5.69 Å². The van der Waals surface area contributed by atoms with Gasteiger partial charge in [0, 0.05) is 5.69 Å². The van der Waals surface area contributed by atoms with Gasteiger partial charge in [0.1, 0.15) is 11.6 Å². The average Bonchev–Trinajstić information content (AvgIpc) is 2.83. The Morgan fingerprint density at radius 2 is 2.05 bits per heavy atom. The highest BCUT2D eigenvalue weighted by atomic mass is 19.1. The minimum Gasteiger partial charge on any atom is -0.497 e. The summed E-state index contributed by atoms with van der Waals surface area (Å²) >= 11 is 0. The van der Waals surface area contributed by atoms with E-state index in [2.05, 4.69) is 12.2 Å². The second-order valence-corrected chi connectivity index (χ2v) is 5.26. The van der Waals surface area contributed by atoms with Gasteiger partial charge < -0.3 is 10.1 Å². The normalized spacial score (nSPS) is 16.9. The number of fused-ring (bicyclic) bond motifs is 1. The lowest BCUT2D eigenvalue weighted by molar-refractivity contribution is 0.414. The molecule has 2 aromatic rings. The lowest BCUT2D eigenvalue weighted by Crippen LogP contribution is -2.08. The molecule has 0 saturated heterocycles. The Morgan fingerprint density at radius 1 is 1.20 bits per heavy atom. The van der Waals surface area contributed by atoms with Crippen molar-refractivity contribution in [2.45, 2.75) is 25.8 Å². The molecule has 0 heterocycles. The summed E-state index contributed by atoms with van der Waals surface area (Å²) in [5.74, 6) is 0.715. The number of benzene rings is 2. The third kappa shape index (κ3) is 2.36. The number of anilines is 1. The SMILES string of the molecule is COc1ccc(NC2CCc3cc(F)ccc32)c(C)c1. The molecule has 0 radical (unpaired) electrons. The maximum absolute atomic E-state index is 13.2. The van der Waals surface area contributed by atoms with Crippen LogP contribution < -0.4 is 10.1 Å². The minimum atomic E-state index is -0.148. The van der Waals surface area contributed by atoms with Gasteiger partial charge >= 0.3 is 0 Å². The second kappa shape index (κ2) is 5.16. The summed E-state index contributed by atoms with van der Waals surface area (Å²) in [6.07, 6.45) is 1.93. The third-order valence-electron chi connectivity index (χ3n) is 3.95. The molecule has 2 aromatic carbocycles. The van der Waals surface area contributed by atoms with Crippen LogP contribution in [-0.2, 0) is 6.42 Å². The van der Waals surface area contributed by atoms with Gasteiger partial charge in [0.05, 0.1) is 13.2 Å². The van der Waals surface area contributed by atoms with E-state index >= 15 is 0 Å². The zero-order chi connectivity index (χ0) is 14.1. The summed E-state index contributed by atoms with van der Waals surface area (Å²) in [7, 11) is 1.67. The van der Waals surface area contributed by atoms with Crippen molar-refractivity contribution in [3.05, 3.63) is 58.9 Å². The molecule has 1 atom stereocenters. The van der Waals surface area contributed by atoms with E-state index in [1.807, 2.05) is 24.3 Å². The lowest BCUT2D eigenvalue weighted by Gasteiger charge is -2.18. The first kappa shape index (κ1) is 13.0. The number of hydrogen-bond acceptors (Lipinski definition) is 2. The van der Waals surface area contributed by atoms with E-state index < -0.39 is 0 Å². The van der Waals surface area contributed by atoms with Crippen LogP contribution >= 0.6 is 0 Å². The first-order valence-corrected chi connectivity index (χ1v) is 6.87. The number of hydrogen-bond donors (Lipinski definition) is 1. The highest BCUT2D eigenvalue weighted by molar-refractivity contribution is 5.56. The maximum Gasteiger partial charge on any atom is 0.123 e. The summed E-state index contributed by atoms with van der Waals surface area (Å²) in [4.78, 5) is 0. The highest BCUT2D eigenvalue weighted by Crippen LogP contribution is 2.35. The molecule has 0 aliphatic heterocycles. The molecule has 0 bridgehead atoms. The van der Waals surface area contributed by atoms with Crippen LogP contribution in [0.2, 0.25) is 0 Å². The van der Waals surface area contributed by atoms with Crippen LogP contribution in [0.1, 0.15) is 29.2 Å². The van der Waals surface area contributed by atoms with Crippen LogP contribution in [0.15, 0.2) is 36.4 Å². The fourth-order valence-corrected chi connectivity index (χ4v) is 2.85. The standard InChI is InChI=1S/C17H18FNO/c1-11-9-14(20-2)5-8-16(11)19-17-7-3-12-10-13(18)4-6-15(12)17/h4-6,8-10,17,19H,3,7H2,1-2H3. The Balaban J connectivity index is 1.84. The topological polar surface area (TPSA) is 21.3 Å². The summed E-state index contributed by atoms with van der Waals surface area (Å²) in [5.41, 5.74) is 4.59. The van der Waals surface area contributed by atoms with Crippen molar-refractivity contribution in [2.75, 3.05) is 12.4 Å². The number of methoxy groups -OCH3 is 1. The molecular weight excluding hydrogens is 253 g/mol. The molecule has 0 amide bonds. The molecule has 0 fully saturated rings. The predicted octanol–water partition coefficient (Wildman–Crippen LogP) is 4.24. The Bertz CT molecular complexity index is 639. The van der Waals surface area contributed by atoms with Gasteiger partial charge in [-0.25, -0.2) is 4.39 Å². The van der Waals surface area contributed by atoms with E-state index in [9.17, 15) is 4.39 Å². The van der Waals surface area contributed by atoms with E-state index in [1.54, 1.807) is 19.2 Å². The summed E-state index contributed by atoms with van der Waals surface area (Å²) in [6, 6.07) is 11.4. The van der Waals surface area contributed by atoms with Crippen LogP contribution in [0.3, 0.4) is 0 Å². The van der Waals surface area contributed by atoms with Crippen molar-refractivity contribution in [3.8, 4) is 5.75 Å². The molecule has 1 aliphatic carbocycles. The molecule has 1 unspecified atom stereocenters. The van der Waals surface area contributed by atoms with E-state index in [0.717, 1.165) is 35.4 Å². The quantitative estimate of drug-likeness (QED) is 0.901. The van der Waals surface area contributed by atoms with E-state index in [-0.39, 0.29) is 11.9 Å². The van der Waals surface area contributed by atoms with Crippen molar-refractivity contribution in [1.29, 1.82) is 0 Å². The fraction of sp³-hybridized carbons (Fsp3) is 0.294. The molecular formula is C17H18FNO. The summed E-state index contributed by atoms with van der Waals surface area (Å²) < 4.78 is 18.4. The van der Waals surface area contributed by atoms with Crippen LogP contribution in [-0.4, -0.2) is 7.11 Å². The molecule has 104 valence electrons. The van der Waals surface area contributed by atoms with Gasteiger partial charge in [0.2, 0.25) is 0 Å². The van der Waals surface area contributed by atoms with Crippen molar-refractivity contribution in [2.24, 2.45) is 0 Å². The molecule has 2 nitrogen and oxygen atoms in total. The number of halogens is 1. The lowest BCUT2D eigenvalue weighted by atomic mass is 10.1. The Morgan fingerprint density at radius 3 is 2.80 bits per heavy atom. The molecule has 3 heteroatoms. The van der Waals surface area contributed by atoms with Gasteiger partial charge in [0.15, 0.2) is 0 Å². The molecule has 0 saturated carbocycles. The third-order valence-corrected chi connectivity index (χ3v) is 3.95. The molecule has 0 aromatic heterocycles. The van der Waals surface area contributed by atoms with Gasteiger partial charge in [-0.2, -0.15) is 0 Å². The monoisotopic (exact) mass is 271 g/mol. The number of aryl methyl sites for hydroxylation is 2. The number of ether oxygens (including phenoxy) is 1. The Kier molecular flexibility index (Phi) is 3.35. The fourth-order valence-electron chi connectivity index (χ4n) is 2.85. The number of nitrogens with one attached hydrogen (secondary N) is 1. The van der Waals surface area contributed by atoms with E-state index in [4.69, 9.17) is 4.74 Å².